The zero-order valence-electron chi connectivity index (χ0n) is 8.47. The van der Waals surface area contributed by atoms with Gasteiger partial charge in [0.25, 0.3) is 0 Å². The van der Waals surface area contributed by atoms with Crippen molar-refractivity contribution in [2.75, 3.05) is 18.9 Å². The molecule has 12 heavy (non-hydrogen) atoms. The molecule has 0 aromatic carbocycles. The zero-order valence-corrected chi connectivity index (χ0v) is 9.47. The van der Waals surface area contributed by atoms with Gasteiger partial charge in [0.05, 0.1) is 0 Å². The fourth-order valence-corrected chi connectivity index (χ4v) is 2.51. The molecule has 0 aromatic rings. The Morgan fingerprint density at radius 3 is 2.58 bits per heavy atom. The number of aliphatic hydroxyl groups is 1. The minimum Gasteiger partial charge on any atom is -0.396 e. The van der Waals surface area contributed by atoms with Crippen molar-refractivity contribution >= 4 is 8.58 Å². The summed E-state index contributed by atoms with van der Waals surface area (Å²) >= 11 is 0. The van der Waals surface area contributed by atoms with Crippen molar-refractivity contribution in [1.82, 2.24) is 0 Å². The average molecular weight is 190 g/mol. The van der Waals surface area contributed by atoms with Crippen molar-refractivity contribution in [3.8, 4) is 0 Å². The minimum atomic E-state index is 0.361. The highest BCUT2D eigenvalue weighted by molar-refractivity contribution is 7.37. The Balaban J connectivity index is 2.90. The largest absolute Gasteiger partial charge is 0.396 e. The van der Waals surface area contributed by atoms with Gasteiger partial charge in [0.2, 0.25) is 0 Å². The van der Waals surface area contributed by atoms with Gasteiger partial charge in [-0.2, -0.15) is 0 Å². The van der Waals surface area contributed by atoms with Crippen molar-refractivity contribution in [1.29, 1.82) is 0 Å². The third-order valence-electron chi connectivity index (χ3n) is 2.08. The first-order chi connectivity index (χ1) is 5.81. The number of aliphatic hydroxyl groups excluding tert-OH is 1. The van der Waals surface area contributed by atoms with Crippen LogP contribution in [0.25, 0.3) is 0 Å². The molecule has 0 aliphatic carbocycles. The van der Waals surface area contributed by atoms with Crippen molar-refractivity contribution < 1.29 is 5.11 Å². The van der Waals surface area contributed by atoms with Gasteiger partial charge >= 0.3 is 0 Å². The van der Waals surface area contributed by atoms with E-state index in [2.05, 4.69) is 13.8 Å². The summed E-state index contributed by atoms with van der Waals surface area (Å²) < 4.78 is 0. The summed E-state index contributed by atoms with van der Waals surface area (Å²) in [5, 5.41) is 8.78. The van der Waals surface area contributed by atoms with Crippen LogP contribution in [0, 0.1) is 5.92 Å². The van der Waals surface area contributed by atoms with Crippen LogP contribution < -0.4 is 0 Å². The maximum Gasteiger partial charge on any atom is 0.0456 e. The van der Waals surface area contributed by atoms with Crippen LogP contribution in [0.4, 0.5) is 0 Å². The lowest BCUT2D eigenvalue weighted by Gasteiger charge is -2.06. The average Bonchev–Trinajstić information content (AvgIpc) is 2.10. The summed E-state index contributed by atoms with van der Waals surface area (Å²) in [5.41, 5.74) is 0. The Kier molecular flexibility index (Phi) is 9.79. The summed E-state index contributed by atoms with van der Waals surface area (Å²) in [5.74, 6) is 0.517. The molecule has 2 heteroatoms. The van der Waals surface area contributed by atoms with Gasteiger partial charge in [-0.25, -0.2) is 0 Å². The summed E-state index contributed by atoms with van der Waals surface area (Å²) in [6, 6.07) is 0. The van der Waals surface area contributed by atoms with E-state index in [4.69, 9.17) is 5.11 Å². The molecule has 0 radical (unpaired) electrons. The van der Waals surface area contributed by atoms with E-state index in [0.717, 1.165) is 8.58 Å². The van der Waals surface area contributed by atoms with Gasteiger partial charge in [0.15, 0.2) is 0 Å². The second kappa shape index (κ2) is 9.48. The van der Waals surface area contributed by atoms with Gasteiger partial charge in [0.1, 0.15) is 0 Å². The second-order valence-corrected chi connectivity index (χ2v) is 5.03. The summed E-state index contributed by atoms with van der Waals surface area (Å²) in [4.78, 5) is 0. The standard InChI is InChI=1S/C10H23OP/c1-3-4-5-7-12-8-6-10(2)9-11/h10-12H,3-9H2,1-2H3. The molecule has 0 rings (SSSR count). The molecule has 2 unspecified atom stereocenters. The molecule has 0 heterocycles. The lowest BCUT2D eigenvalue weighted by atomic mass is 10.1. The maximum atomic E-state index is 8.78. The molecule has 0 amide bonds. The second-order valence-electron chi connectivity index (χ2n) is 3.53. The van der Waals surface area contributed by atoms with Crippen LogP contribution in [-0.2, 0) is 0 Å². The molecular weight excluding hydrogens is 167 g/mol. The lowest BCUT2D eigenvalue weighted by Crippen LogP contribution is -2.01. The van der Waals surface area contributed by atoms with Gasteiger partial charge in [-0.3, -0.25) is 0 Å². The third kappa shape index (κ3) is 8.49. The lowest BCUT2D eigenvalue weighted by molar-refractivity contribution is 0.235. The molecule has 0 aromatic heterocycles. The van der Waals surface area contributed by atoms with Gasteiger partial charge in [-0.15, -0.1) is 8.58 Å². The monoisotopic (exact) mass is 190 g/mol. The van der Waals surface area contributed by atoms with E-state index in [1.165, 1.54) is 38.0 Å². The first-order valence-electron chi connectivity index (χ1n) is 5.12. The molecule has 1 nitrogen and oxygen atoms in total. The maximum absolute atomic E-state index is 8.78. The number of rotatable bonds is 8. The van der Waals surface area contributed by atoms with Crippen molar-refractivity contribution in [2.24, 2.45) is 5.92 Å². The fourth-order valence-electron chi connectivity index (χ4n) is 1.06. The Morgan fingerprint density at radius 1 is 1.25 bits per heavy atom. The number of unbranched alkanes of at least 4 members (excludes halogenated alkanes) is 2. The first kappa shape index (κ1) is 12.4. The summed E-state index contributed by atoms with van der Waals surface area (Å²) in [6.07, 6.45) is 8.07. The molecule has 0 aliphatic heterocycles. The minimum absolute atomic E-state index is 0.361. The molecule has 0 spiro atoms. The zero-order chi connectivity index (χ0) is 9.23. The molecule has 74 valence electrons. The predicted octanol–water partition coefficient (Wildman–Crippen LogP) is 2.87. The molecule has 0 saturated carbocycles. The van der Waals surface area contributed by atoms with Crippen molar-refractivity contribution in [3.05, 3.63) is 0 Å². The molecule has 0 saturated heterocycles. The Hall–Kier alpha value is 0.390. The van der Waals surface area contributed by atoms with E-state index in [-0.39, 0.29) is 0 Å². The van der Waals surface area contributed by atoms with E-state index in [1.807, 2.05) is 0 Å². The van der Waals surface area contributed by atoms with Crippen LogP contribution in [-0.4, -0.2) is 24.0 Å². The number of hydrogen-bond acceptors (Lipinski definition) is 1. The third-order valence-corrected chi connectivity index (χ3v) is 3.43. The van der Waals surface area contributed by atoms with Crippen LogP contribution in [0.15, 0.2) is 0 Å². The molecular formula is C10H23OP. The van der Waals surface area contributed by atoms with E-state index in [9.17, 15) is 0 Å². The summed E-state index contributed by atoms with van der Waals surface area (Å²) in [6.45, 7) is 4.73. The Bertz CT molecular complexity index is 85.9. The molecule has 0 fully saturated rings. The van der Waals surface area contributed by atoms with Crippen LogP contribution in [0.2, 0.25) is 0 Å². The molecule has 0 bridgehead atoms. The number of hydrogen-bond donors (Lipinski definition) is 1. The van der Waals surface area contributed by atoms with E-state index < -0.39 is 0 Å². The van der Waals surface area contributed by atoms with Gasteiger partial charge < -0.3 is 5.11 Å². The van der Waals surface area contributed by atoms with Crippen LogP contribution >= 0.6 is 8.58 Å². The van der Waals surface area contributed by atoms with Gasteiger partial charge in [-0.1, -0.05) is 26.7 Å². The van der Waals surface area contributed by atoms with Gasteiger partial charge in [0, 0.05) is 6.61 Å². The highest BCUT2D eigenvalue weighted by Crippen LogP contribution is 2.17. The highest BCUT2D eigenvalue weighted by Gasteiger charge is 1.98. The highest BCUT2D eigenvalue weighted by atomic mass is 31.1. The van der Waals surface area contributed by atoms with Crippen LogP contribution in [0.1, 0.15) is 39.5 Å². The molecule has 1 N–H and O–H groups in total. The van der Waals surface area contributed by atoms with Crippen molar-refractivity contribution in [3.63, 3.8) is 0 Å². The van der Waals surface area contributed by atoms with E-state index >= 15 is 0 Å². The van der Waals surface area contributed by atoms with Crippen LogP contribution in [0.5, 0.6) is 0 Å². The first-order valence-corrected chi connectivity index (χ1v) is 6.54. The predicted molar refractivity (Wildman–Crippen MR) is 58.4 cm³/mol. The summed E-state index contributed by atoms with van der Waals surface area (Å²) in [7, 11) is 1.13. The smallest absolute Gasteiger partial charge is 0.0456 e. The topological polar surface area (TPSA) is 20.2 Å². The van der Waals surface area contributed by atoms with Gasteiger partial charge in [-0.05, 0) is 31.1 Å². The molecule has 0 aliphatic rings. The SMILES string of the molecule is CCCCCPCCC(C)CO. The fraction of sp³-hybridized carbons (Fsp3) is 1.00. The normalized spacial score (nSPS) is 14.2. The van der Waals surface area contributed by atoms with E-state index in [1.54, 1.807) is 0 Å². The quantitative estimate of drug-likeness (QED) is 0.461. The van der Waals surface area contributed by atoms with Crippen LogP contribution in [0.3, 0.4) is 0 Å². The Morgan fingerprint density at radius 2 is 2.00 bits per heavy atom. The van der Waals surface area contributed by atoms with Crippen molar-refractivity contribution in [2.45, 2.75) is 39.5 Å². The Labute approximate surface area is 78.7 Å². The van der Waals surface area contributed by atoms with E-state index in [0.29, 0.717) is 12.5 Å². The molecule has 2 atom stereocenters.